The molecule has 0 aliphatic rings. The minimum absolute atomic E-state index is 0.210. The van der Waals surface area contributed by atoms with Gasteiger partial charge >= 0.3 is 0 Å². The number of hydrogen-bond acceptors (Lipinski definition) is 6. The van der Waals surface area contributed by atoms with E-state index >= 15 is 0 Å². The summed E-state index contributed by atoms with van der Waals surface area (Å²) in [7, 11) is -3.44. The van der Waals surface area contributed by atoms with E-state index in [2.05, 4.69) is 15.0 Å². The fraction of sp³-hybridized carbons (Fsp3) is 0.167. The molecule has 0 radical (unpaired) electrons. The summed E-state index contributed by atoms with van der Waals surface area (Å²) in [6.45, 7) is 0.554. The fourth-order valence-corrected chi connectivity index (χ4v) is 3.56. The van der Waals surface area contributed by atoms with Crippen LogP contribution in [-0.2, 0) is 10.0 Å². The molecule has 0 aliphatic carbocycles. The zero-order valence-corrected chi connectivity index (χ0v) is 12.0. The van der Waals surface area contributed by atoms with Crippen molar-refractivity contribution in [3.8, 4) is 6.07 Å². The summed E-state index contributed by atoms with van der Waals surface area (Å²) < 4.78 is 26.4. The molecule has 0 atom stereocenters. The maximum atomic E-state index is 11.8. The van der Waals surface area contributed by atoms with E-state index in [9.17, 15) is 8.42 Å². The van der Waals surface area contributed by atoms with E-state index in [1.807, 2.05) is 6.07 Å². The number of nitrogens with one attached hydrogen (secondary N) is 2. The maximum Gasteiger partial charge on any atom is 0.250 e. The summed E-state index contributed by atoms with van der Waals surface area (Å²) in [6, 6.07) is 8.56. The van der Waals surface area contributed by atoms with Crippen LogP contribution in [0.15, 0.2) is 40.1 Å². The van der Waals surface area contributed by atoms with Crippen molar-refractivity contribution in [1.29, 1.82) is 5.26 Å². The van der Waals surface area contributed by atoms with Crippen LogP contribution in [0.3, 0.4) is 0 Å². The summed E-state index contributed by atoms with van der Waals surface area (Å²) in [4.78, 5) is 4.02. The zero-order chi connectivity index (χ0) is 14.4. The highest BCUT2D eigenvalue weighted by Gasteiger charge is 2.13. The lowest BCUT2D eigenvalue weighted by Crippen LogP contribution is -2.28. The van der Waals surface area contributed by atoms with Gasteiger partial charge in [0.25, 0.3) is 0 Å². The van der Waals surface area contributed by atoms with E-state index in [4.69, 9.17) is 5.26 Å². The standard InChI is InChI=1S/C12H12N4O2S2/c13-9-10-3-1-5-14-12(10)15-6-7-16-20(17,18)11-4-2-8-19-11/h1-5,8,16H,6-7H2,(H,14,15). The molecular weight excluding hydrogens is 296 g/mol. The van der Waals surface area contributed by atoms with Crippen molar-refractivity contribution in [2.75, 3.05) is 18.4 Å². The number of nitriles is 1. The van der Waals surface area contributed by atoms with Gasteiger partial charge in [0.05, 0.1) is 5.56 Å². The number of aromatic nitrogens is 1. The van der Waals surface area contributed by atoms with Crippen molar-refractivity contribution in [1.82, 2.24) is 9.71 Å². The van der Waals surface area contributed by atoms with E-state index < -0.39 is 10.0 Å². The third-order valence-corrected chi connectivity index (χ3v) is 5.26. The van der Waals surface area contributed by atoms with Gasteiger partial charge in [-0.15, -0.1) is 11.3 Å². The van der Waals surface area contributed by atoms with Crippen molar-refractivity contribution >= 4 is 27.2 Å². The Balaban J connectivity index is 1.87. The molecule has 0 saturated carbocycles. The van der Waals surface area contributed by atoms with Gasteiger partial charge in [-0.2, -0.15) is 5.26 Å². The minimum atomic E-state index is -3.44. The van der Waals surface area contributed by atoms with Crippen LogP contribution in [0.5, 0.6) is 0 Å². The van der Waals surface area contributed by atoms with E-state index in [1.165, 1.54) is 0 Å². The Labute approximate surface area is 121 Å². The van der Waals surface area contributed by atoms with E-state index in [0.717, 1.165) is 11.3 Å². The average molecular weight is 308 g/mol. The second-order valence-corrected chi connectivity index (χ2v) is 6.71. The molecule has 2 aromatic rings. The summed E-state index contributed by atoms with van der Waals surface area (Å²) in [5, 5.41) is 13.5. The Morgan fingerprint density at radius 3 is 2.85 bits per heavy atom. The smallest absolute Gasteiger partial charge is 0.250 e. The highest BCUT2D eigenvalue weighted by molar-refractivity contribution is 7.91. The zero-order valence-electron chi connectivity index (χ0n) is 10.4. The number of thiophene rings is 1. The predicted octanol–water partition coefficient (Wildman–Crippen LogP) is 1.41. The van der Waals surface area contributed by atoms with Crippen LogP contribution in [0.2, 0.25) is 0 Å². The van der Waals surface area contributed by atoms with Crippen molar-refractivity contribution in [2.24, 2.45) is 0 Å². The summed E-state index contributed by atoms with van der Waals surface area (Å²) in [6.07, 6.45) is 1.57. The number of rotatable bonds is 6. The SMILES string of the molecule is N#Cc1cccnc1NCCNS(=O)(=O)c1cccs1. The average Bonchev–Trinajstić information content (AvgIpc) is 2.99. The van der Waals surface area contributed by atoms with Gasteiger partial charge in [-0.05, 0) is 23.6 Å². The molecule has 2 heterocycles. The van der Waals surface area contributed by atoms with Gasteiger partial charge in [0.15, 0.2) is 0 Å². The summed E-state index contributed by atoms with van der Waals surface area (Å²) in [5.74, 6) is 0.449. The van der Waals surface area contributed by atoms with Gasteiger partial charge in [0.2, 0.25) is 10.0 Å². The number of hydrogen-bond donors (Lipinski definition) is 2. The van der Waals surface area contributed by atoms with Crippen molar-refractivity contribution < 1.29 is 8.42 Å². The molecule has 104 valence electrons. The Kier molecular flexibility index (Phi) is 4.68. The Morgan fingerprint density at radius 1 is 1.30 bits per heavy atom. The molecule has 0 fully saturated rings. The molecule has 0 aliphatic heterocycles. The molecule has 2 aromatic heterocycles. The molecule has 8 heteroatoms. The van der Waals surface area contributed by atoms with Crippen molar-refractivity contribution in [3.05, 3.63) is 41.4 Å². The molecule has 2 rings (SSSR count). The lowest BCUT2D eigenvalue weighted by atomic mass is 10.3. The molecule has 0 unspecified atom stereocenters. The van der Waals surface area contributed by atoms with E-state index in [1.54, 1.807) is 35.8 Å². The normalized spacial score (nSPS) is 10.9. The maximum absolute atomic E-state index is 11.8. The molecular formula is C12H12N4O2S2. The van der Waals surface area contributed by atoms with Gasteiger partial charge in [-0.3, -0.25) is 0 Å². The highest BCUT2D eigenvalue weighted by Crippen LogP contribution is 2.15. The molecule has 20 heavy (non-hydrogen) atoms. The van der Waals surface area contributed by atoms with Crippen LogP contribution in [0.1, 0.15) is 5.56 Å². The number of sulfonamides is 1. The number of pyridine rings is 1. The summed E-state index contributed by atoms with van der Waals surface area (Å²) >= 11 is 1.16. The van der Waals surface area contributed by atoms with Crippen LogP contribution in [-0.4, -0.2) is 26.5 Å². The van der Waals surface area contributed by atoms with E-state index in [-0.39, 0.29) is 10.8 Å². The third kappa shape index (κ3) is 3.54. The lowest BCUT2D eigenvalue weighted by Gasteiger charge is -2.07. The van der Waals surface area contributed by atoms with Crippen molar-refractivity contribution in [2.45, 2.75) is 4.21 Å². The lowest BCUT2D eigenvalue weighted by molar-refractivity contribution is 0.585. The van der Waals surface area contributed by atoms with Crippen LogP contribution in [0, 0.1) is 11.3 Å². The van der Waals surface area contributed by atoms with Gasteiger partial charge < -0.3 is 5.32 Å². The van der Waals surface area contributed by atoms with Gasteiger partial charge in [-0.25, -0.2) is 18.1 Å². The second kappa shape index (κ2) is 6.47. The van der Waals surface area contributed by atoms with Crippen molar-refractivity contribution in [3.63, 3.8) is 0 Å². The first-order valence-electron chi connectivity index (χ1n) is 5.75. The van der Waals surface area contributed by atoms with Crippen LogP contribution < -0.4 is 10.0 Å². The monoisotopic (exact) mass is 308 g/mol. The summed E-state index contributed by atoms with van der Waals surface area (Å²) in [5.41, 5.74) is 0.425. The first kappa shape index (κ1) is 14.5. The topological polar surface area (TPSA) is 94.9 Å². The predicted molar refractivity (Wildman–Crippen MR) is 76.9 cm³/mol. The van der Waals surface area contributed by atoms with Gasteiger partial charge in [0.1, 0.15) is 16.1 Å². The first-order chi connectivity index (χ1) is 9.63. The third-order valence-electron chi connectivity index (χ3n) is 2.40. The number of nitrogens with zero attached hydrogens (tertiary/aromatic N) is 2. The fourth-order valence-electron chi connectivity index (χ4n) is 1.49. The minimum Gasteiger partial charge on any atom is -0.368 e. The van der Waals surface area contributed by atoms with Crippen LogP contribution >= 0.6 is 11.3 Å². The molecule has 6 nitrogen and oxygen atoms in total. The molecule has 2 N–H and O–H groups in total. The molecule has 0 saturated heterocycles. The van der Waals surface area contributed by atoms with Gasteiger partial charge in [-0.1, -0.05) is 6.07 Å². The Morgan fingerprint density at radius 2 is 2.15 bits per heavy atom. The van der Waals surface area contributed by atoms with Gasteiger partial charge in [0, 0.05) is 19.3 Å². The van der Waals surface area contributed by atoms with Crippen LogP contribution in [0.25, 0.3) is 0 Å². The first-order valence-corrected chi connectivity index (χ1v) is 8.12. The largest absolute Gasteiger partial charge is 0.368 e. The van der Waals surface area contributed by atoms with E-state index in [0.29, 0.717) is 17.9 Å². The molecule has 0 spiro atoms. The number of anilines is 1. The second-order valence-electron chi connectivity index (χ2n) is 3.77. The quantitative estimate of drug-likeness (QED) is 0.787. The highest BCUT2D eigenvalue weighted by atomic mass is 32.2. The Hall–Kier alpha value is -1.95. The molecule has 0 amide bonds. The molecule has 0 bridgehead atoms. The Bertz CT molecular complexity index is 705. The molecule has 0 aromatic carbocycles. The van der Waals surface area contributed by atoms with Crippen LogP contribution in [0.4, 0.5) is 5.82 Å².